The average molecular weight is 385 g/mol. The smallest absolute Gasteiger partial charge is 0.261 e. The normalized spacial score (nSPS) is 18.0. The highest BCUT2D eigenvalue weighted by Gasteiger charge is 2.26. The Balaban J connectivity index is 1.45. The lowest BCUT2D eigenvalue weighted by atomic mass is 9.91. The van der Waals surface area contributed by atoms with E-state index in [1.165, 1.54) is 21.6 Å². The molecule has 2 aliphatic rings. The van der Waals surface area contributed by atoms with E-state index in [-0.39, 0.29) is 5.91 Å². The number of hydrogen-bond acceptors (Lipinski definition) is 4. The van der Waals surface area contributed by atoms with Gasteiger partial charge in [-0.15, -0.1) is 11.3 Å². The van der Waals surface area contributed by atoms with Crippen LogP contribution >= 0.6 is 11.3 Å². The number of morpholine rings is 1. The summed E-state index contributed by atoms with van der Waals surface area (Å²) in [5.41, 5.74) is 4.01. The summed E-state index contributed by atoms with van der Waals surface area (Å²) in [5, 5.41) is 3.20. The van der Waals surface area contributed by atoms with E-state index in [0.717, 1.165) is 44.0 Å². The summed E-state index contributed by atoms with van der Waals surface area (Å²) in [6.45, 7) is 8.61. The minimum absolute atomic E-state index is 0.0609. The molecular weight excluding hydrogens is 356 g/mol. The zero-order valence-electron chi connectivity index (χ0n) is 16.2. The number of benzene rings is 1. The second-order valence-electron chi connectivity index (χ2n) is 7.79. The van der Waals surface area contributed by atoms with Gasteiger partial charge in [-0.1, -0.05) is 38.1 Å². The summed E-state index contributed by atoms with van der Waals surface area (Å²) in [4.78, 5) is 17.4. The highest BCUT2D eigenvalue weighted by molar-refractivity contribution is 7.17. The van der Waals surface area contributed by atoms with E-state index in [4.69, 9.17) is 4.74 Å². The van der Waals surface area contributed by atoms with Gasteiger partial charge in [-0.3, -0.25) is 9.69 Å². The zero-order chi connectivity index (χ0) is 18.8. The molecule has 1 aliphatic heterocycles. The predicted molar refractivity (Wildman–Crippen MR) is 111 cm³/mol. The molecule has 144 valence electrons. The Morgan fingerprint density at radius 3 is 2.70 bits per heavy atom. The Bertz CT molecular complexity index is 808. The highest BCUT2D eigenvalue weighted by Crippen LogP contribution is 2.39. The number of amides is 1. The standard InChI is InChI=1S/C22H28N2O2S/c1-15(2)19(24-9-11-26-12-10-24)14-23-22(25)20-13-17-8-7-16-5-3-4-6-18(16)21(17)27-20/h3-6,13,15,19H,7-12,14H2,1-2H3,(H,23,25). The average Bonchev–Trinajstić information content (AvgIpc) is 3.13. The quantitative estimate of drug-likeness (QED) is 0.856. The Morgan fingerprint density at radius 1 is 1.19 bits per heavy atom. The van der Waals surface area contributed by atoms with Crippen LogP contribution in [-0.2, 0) is 17.6 Å². The molecule has 1 amide bonds. The van der Waals surface area contributed by atoms with Gasteiger partial charge in [-0.05, 0) is 41.5 Å². The third-order valence-corrected chi connectivity index (χ3v) is 6.92. The Kier molecular flexibility index (Phi) is 5.62. The second-order valence-corrected chi connectivity index (χ2v) is 8.84. The molecule has 4 nitrogen and oxygen atoms in total. The van der Waals surface area contributed by atoms with Gasteiger partial charge in [0.1, 0.15) is 0 Å². The maximum absolute atomic E-state index is 12.8. The minimum atomic E-state index is 0.0609. The number of aryl methyl sites for hydroxylation is 2. The number of carbonyl (C=O) groups excluding carboxylic acids is 1. The molecule has 1 fully saturated rings. The van der Waals surface area contributed by atoms with Crippen molar-refractivity contribution in [2.75, 3.05) is 32.8 Å². The van der Waals surface area contributed by atoms with Crippen LogP contribution in [0.5, 0.6) is 0 Å². The van der Waals surface area contributed by atoms with Crippen molar-refractivity contribution in [3.8, 4) is 10.4 Å². The molecular formula is C22H28N2O2S. The van der Waals surface area contributed by atoms with E-state index in [0.29, 0.717) is 18.5 Å². The van der Waals surface area contributed by atoms with Crippen molar-refractivity contribution in [2.45, 2.75) is 32.7 Å². The van der Waals surface area contributed by atoms with E-state index in [2.05, 4.69) is 54.4 Å². The molecule has 1 atom stereocenters. The van der Waals surface area contributed by atoms with E-state index >= 15 is 0 Å². The molecule has 0 bridgehead atoms. The molecule has 1 N–H and O–H groups in total. The van der Waals surface area contributed by atoms with Crippen molar-refractivity contribution < 1.29 is 9.53 Å². The molecule has 2 heterocycles. The molecule has 0 saturated carbocycles. The van der Waals surface area contributed by atoms with Gasteiger partial charge in [0.25, 0.3) is 5.91 Å². The van der Waals surface area contributed by atoms with Crippen molar-refractivity contribution >= 4 is 17.2 Å². The molecule has 0 radical (unpaired) electrons. The fraction of sp³-hybridized carbons (Fsp3) is 0.500. The predicted octanol–water partition coefficient (Wildman–Crippen LogP) is 3.60. The summed E-state index contributed by atoms with van der Waals surface area (Å²) >= 11 is 1.64. The molecule has 27 heavy (non-hydrogen) atoms. The number of hydrogen-bond donors (Lipinski definition) is 1. The third-order valence-electron chi connectivity index (χ3n) is 5.71. The molecule has 1 aliphatic carbocycles. The first-order valence-corrected chi connectivity index (χ1v) is 10.8. The van der Waals surface area contributed by atoms with Crippen LogP contribution in [-0.4, -0.2) is 49.7 Å². The summed E-state index contributed by atoms with van der Waals surface area (Å²) in [7, 11) is 0. The molecule has 1 unspecified atom stereocenters. The van der Waals surface area contributed by atoms with E-state index in [9.17, 15) is 4.79 Å². The molecule has 1 saturated heterocycles. The van der Waals surface area contributed by atoms with Crippen molar-refractivity contribution in [2.24, 2.45) is 5.92 Å². The molecule has 2 aromatic rings. The lowest BCUT2D eigenvalue weighted by molar-refractivity contribution is 0.00674. The van der Waals surface area contributed by atoms with Gasteiger partial charge in [0.05, 0.1) is 18.1 Å². The largest absolute Gasteiger partial charge is 0.379 e. The first-order chi connectivity index (χ1) is 13.1. The molecule has 1 aromatic carbocycles. The fourth-order valence-electron chi connectivity index (χ4n) is 4.16. The van der Waals surface area contributed by atoms with Gasteiger partial charge < -0.3 is 10.1 Å². The van der Waals surface area contributed by atoms with Crippen LogP contribution in [0.2, 0.25) is 0 Å². The van der Waals surface area contributed by atoms with E-state index in [1.54, 1.807) is 11.3 Å². The Labute approximate surface area is 165 Å². The zero-order valence-corrected chi connectivity index (χ0v) is 17.0. The number of carbonyl (C=O) groups is 1. The summed E-state index contributed by atoms with van der Waals surface area (Å²) in [5.74, 6) is 0.553. The lowest BCUT2D eigenvalue weighted by Gasteiger charge is -2.36. The van der Waals surface area contributed by atoms with Crippen molar-refractivity contribution in [1.29, 1.82) is 0 Å². The Hall–Kier alpha value is -1.69. The van der Waals surface area contributed by atoms with Crippen LogP contribution in [0.4, 0.5) is 0 Å². The van der Waals surface area contributed by atoms with Gasteiger partial charge in [0.15, 0.2) is 0 Å². The number of rotatable bonds is 5. The SMILES string of the molecule is CC(C)C(CNC(=O)c1cc2c(s1)-c1ccccc1CC2)N1CCOCC1. The molecule has 0 spiro atoms. The summed E-state index contributed by atoms with van der Waals surface area (Å²) in [6.07, 6.45) is 2.09. The number of nitrogens with one attached hydrogen (secondary N) is 1. The second kappa shape index (κ2) is 8.13. The first kappa shape index (κ1) is 18.7. The summed E-state index contributed by atoms with van der Waals surface area (Å²) < 4.78 is 5.47. The van der Waals surface area contributed by atoms with Crippen molar-refractivity contribution in [3.05, 3.63) is 46.3 Å². The maximum Gasteiger partial charge on any atom is 0.261 e. The highest BCUT2D eigenvalue weighted by atomic mass is 32.1. The number of fused-ring (bicyclic) bond motifs is 3. The van der Waals surface area contributed by atoms with Crippen LogP contribution in [0.1, 0.15) is 34.6 Å². The van der Waals surface area contributed by atoms with Crippen molar-refractivity contribution in [1.82, 2.24) is 10.2 Å². The van der Waals surface area contributed by atoms with Gasteiger partial charge >= 0.3 is 0 Å². The third kappa shape index (κ3) is 3.96. The van der Waals surface area contributed by atoms with Gasteiger partial charge in [0.2, 0.25) is 0 Å². The topological polar surface area (TPSA) is 41.6 Å². The van der Waals surface area contributed by atoms with E-state index < -0.39 is 0 Å². The number of thiophene rings is 1. The van der Waals surface area contributed by atoms with Gasteiger partial charge in [-0.25, -0.2) is 0 Å². The van der Waals surface area contributed by atoms with E-state index in [1.807, 2.05) is 0 Å². The van der Waals surface area contributed by atoms with Gasteiger partial charge in [-0.2, -0.15) is 0 Å². The minimum Gasteiger partial charge on any atom is -0.379 e. The first-order valence-electron chi connectivity index (χ1n) is 9.94. The molecule has 1 aromatic heterocycles. The molecule has 4 rings (SSSR count). The molecule has 5 heteroatoms. The summed E-state index contributed by atoms with van der Waals surface area (Å²) in [6, 6.07) is 11.0. The van der Waals surface area contributed by atoms with Crippen LogP contribution in [0.15, 0.2) is 30.3 Å². The van der Waals surface area contributed by atoms with Gasteiger partial charge in [0, 0.05) is 30.6 Å². The number of ether oxygens (including phenoxy) is 1. The Morgan fingerprint density at radius 2 is 1.93 bits per heavy atom. The lowest BCUT2D eigenvalue weighted by Crippen LogP contribution is -2.51. The monoisotopic (exact) mass is 384 g/mol. The van der Waals surface area contributed by atoms with Crippen molar-refractivity contribution in [3.63, 3.8) is 0 Å². The van der Waals surface area contributed by atoms with Crippen LogP contribution in [0, 0.1) is 5.92 Å². The van der Waals surface area contributed by atoms with Crippen LogP contribution in [0.25, 0.3) is 10.4 Å². The maximum atomic E-state index is 12.8. The van der Waals surface area contributed by atoms with Crippen LogP contribution < -0.4 is 5.32 Å². The number of nitrogens with zero attached hydrogens (tertiary/aromatic N) is 1. The van der Waals surface area contributed by atoms with Crippen LogP contribution in [0.3, 0.4) is 0 Å². The fourth-order valence-corrected chi connectivity index (χ4v) is 5.35.